The first-order valence-corrected chi connectivity index (χ1v) is 8.61. The number of hydrogen-bond donors (Lipinski definition) is 1. The molecule has 1 aliphatic rings. The Bertz CT molecular complexity index is 543. The molecule has 1 fully saturated rings. The Morgan fingerprint density at radius 1 is 1.43 bits per heavy atom. The Morgan fingerprint density at radius 2 is 2.22 bits per heavy atom. The summed E-state index contributed by atoms with van der Waals surface area (Å²) < 4.78 is 11.3. The van der Waals surface area contributed by atoms with Crippen LogP contribution >= 0.6 is 0 Å². The number of carbonyl (C=O) groups is 1. The molecule has 0 unspecified atom stereocenters. The van der Waals surface area contributed by atoms with Crippen LogP contribution in [0.25, 0.3) is 0 Å². The number of aryl methyl sites for hydroxylation is 1. The van der Waals surface area contributed by atoms with E-state index in [9.17, 15) is 4.79 Å². The molecule has 1 aliphatic carbocycles. The van der Waals surface area contributed by atoms with Crippen LogP contribution in [0.1, 0.15) is 51.5 Å². The van der Waals surface area contributed by atoms with Crippen molar-refractivity contribution in [3.05, 3.63) is 23.8 Å². The monoisotopic (exact) mass is 319 g/mol. The highest BCUT2D eigenvalue weighted by atomic mass is 16.5. The first kappa shape index (κ1) is 17.8. The maximum atomic E-state index is 12.9. The summed E-state index contributed by atoms with van der Waals surface area (Å²) in [4.78, 5) is 12.9. The van der Waals surface area contributed by atoms with Crippen molar-refractivity contribution in [3.8, 4) is 5.75 Å². The molecule has 1 amide bonds. The van der Waals surface area contributed by atoms with Gasteiger partial charge in [-0.1, -0.05) is 20.3 Å². The van der Waals surface area contributed by atoms with E-state index in [2.05, 4.69) is 19.2 Å². The summed E-state index contributed by atoms with van der Waals surface area (Å²) in [6, 6.07) is 5.70. The van der Waals surface area contributed by atoms with Crippen molar-refractivity contribution in [1.29, 1.82) is 0 Å². The second-order valence-electron chi connectivity index (χ2n) is 6.68. The van der Waals surface area contributed by atoms with Gasteiger partial charge in [-0.2, -0.15) is 0 Å². The van der Waals surface area contributed by atoms with Crippen LogP contribution < -0.4 is 10.1 Å². The van der Waals surface area contributed by atoms with Crippen LogP contribution in [-0.2, 0) is 9.53 Å². The van der Waals surface area contributed by atoms with Crippen molar-refractivity contribution in [2.45, 2.75) is 58.5 Å². The Kier molecular flexibility index (Phi) is 6.05. The van der Waals surface area contributed by atoms with Crippen LogP contribution in [0.5, 0.6) is 5.75 Å². The quantitative estimate of drug-likeness (QED) is 0.849. The van der Waals surface area contributed by atoms with Crippen LogP contribution in [0.4, 0.5) is 5.69 Å². The molecule has 0 bridgehead atoms. The molecule has 0 saturated heterocycles. The predicted molar refractivity (Wildman–Crippen MR) is 93.0 cm³/mol. The highest BCUT2D eigenvalue weighted by Gasteiger charge is 2.42. The van der Waals surface area contributed by atoms with Crippen molar-refractivity contribution < 1.29 is 14.3 Å². The van der Waals surface area contributed by atoms with Gasteiger partial charge in [0.2, 0.25) is 0 Å². The molecule has 4 heteroatoms. The number of anilines is 1. The standard InChI is InChI=1S/C19H29NO3/c1-5-11-23-19(10-6-7-14(2)13-19)18(21)20-16-8-9-17(22-4)15(3)12-16/h8-9,12,14H,5-7,10-11,13H2,1-4H3,(H,20,21)/t14-,19+/m0/s1. The summed E-state index contributed by atoms with van der Waals surface area (Å²) in [6.45, 7) is 6.88. The zero-order valence-electron chi connectivity index (χ0n) is 14.8. The van der Waals surface area contributed by atoms with Gasteiger partial charge < -0.3 is 14.8 Å². The van der Waals surface area contributed by atoms with Crippen molar-refractivity contribution in [2.24, 2.45) is 5.92 Å². The van der Waals surface area contributed by atoms with Crippen LogP contribution in [-0.4, -0.2) is 25.2 Å². The molecule has 1 saturated carbocycles. The van der Waals surface area contributed by atoms with E-state index in [-0.39, 0.29) is 5.91 Å². The summed E-state index contributed by atoms with van der Waals surface area (Å²) in [7, 11) is 1.65. The normalized spacial score (nSPS) is 24.3. The number of benzene rings is 1. The number of hydrogen-bond acceptors (Lipinski definition) is 3. The lowest BCUT2D eigenvalue weighted by Crippen LogP contribution is -2.48. The third-order valence-corrected chi connectivity index (χ3v) is 4.60. The topological polar surface area (TPSA) is 47.6 Å². The average molecular weight is 319 g/mol. The van der Waals surface area contributed by atoms with Gasteiger partial charge in [-0.15, -0.1) is 0 Å². The molecule has 23 heavy (non-hydrogen) atoms. The zero-order chi connectivity index (χ0) is 16.9. The summed E-state index contributed by atoms with van der Waals surface area (Å²) in [5.74, 6) is 1.33. The molecule has 128 valence electrons. The van der Waals surface area contributed by atoms with Crippen LogP contribution in [0, 0.1) is 12.8 Å². The molecule has 1 aromatic carbocycles. The van der Waals surface area contributed by atoms with Crippen LogP contribution in [0.2, 0.25) is 0 Å². The molecular formula is C19H29NO3. The first-order valence-electron chi connectivity index (χ1n) is 8.61. The number of methoxy groups -OCH3 is 1. The van der Waals surface area contributed by atoms with Gasteiger partial charge in [0.05, 0.1) is 7.11 Å². The van der Waals surface area contributed by atoms with E-state index in [1.807, 2.05) is 25.1 Å². The lowest BCUT2D eigenvalue weighted by molar-refractivity contribution is -0.148. The minimum absolute atomic E-state index is 0.0120. The van der Waals surface area contributed by atoms with Crippen molar-refractivity contribution in [1.82, 2.24) is 0 Å². The summed E-state index contributed by atoms with van der Waals surface area (Å²) in [6.07, 6.45) is 4.74. The number of rotatable bonds is 6. The number of amides is 1. The van der Waals surface area contributed by atoms with Gasteiger partial charge in [0.15, 0.2) is 0 Å². The van der Waals surface area contributed by atoms with E-state index in [0.29, 0.717) is 12.5 Å². The molecule has 0 aromatic heterocycles. The van der Waals surface area contributed by atoms with Gasteiger partial charge in [-0.25, -0.2) is 0 Å². The maximum Gasteiger partial charge on any atom is 0.256 e. The van der Waals surface area contributed by atoms with Gasteiger partial charge in [-0.3, -0.25) is 4.79 Å². The number of nitrogens with one attached hydrogen (secondary N) is 1. The largest absolute Gasteiger partial charge is 0.496 e. The van der Waals surface area contributed by atoms with Crippen LogP contribution in [0.15, 0.2) is 18.2 Å². The molecule has 0 heterocycles. The van der Waals surface area contributed by atoms with Gasteiger partial charge >= 0.3 is 0 Å². The Labute approximate surface area is 139 Å². The first-order chi connectivity index (χ1) is 11.0. The van der Waals surface area contributed by atoms with Gasteiger partial charge in [0.25, 0.3) is 5.91 Å². The van der Waals surface area contributed by atoms with E-state index < -0.39 is 5.60 Å². The van der Waals surface area contributed by atoms with E-state index in [0.717, 1.165) is 42.7 Å². The van der Waals surface area contributed by atoms with E-state index in [1.165, 1.54) is 6.42 Å². The minimum atomic E-state index is -0.679. The van der Waals surface area contributed by atoms with E-state index >= 15 is 0 Å². The molecule has 0 radical (unpaired) electrons. The molecule has 2 atom stereocenters. The molecule has 0 aliphatic heterocycles. The number of carbonyl (C=O) groups excluding carboxylic acids is 1. The highest BCUT2D eigenvalue weighted by Crippen LogP contribution is 2.36. The molecular weight excluding hydrogens is 290 g/mol. The SMILES string of the molecule is CCCO[C@]1(C(=O)Nc2ccc(OC)c(C)c2)CCC[C@H](C)C1. The molecule has 0 spiro atoms. The highest BCUT2D eigenvalue weighted by molar-refractivity contribution is 5.97. The lowest BCUT2D eigenvalue weighted by atomic mass is 9.78. The Balaban J connectivity index is 2.15. The zero-order valence-corrected chi connectivity index (χ0v) is 14.8. The second-order valence-corrected chi connectivity index (χ2v) is 6.68. The fourth-order valence-electron chi connectivity index (χ4n) is 3.40. The molecule has 1 aromatic rings. The summed E-state index contributed by atoms with van der Waals surface area (Å²) >= 11 is 0. The second kappa shape index (κ2) is 7.82. The molecule has 2 rings (SSSR count). The number of ether oxygens (including phenoxy) is 2. The lowest BCUT2D eigenvalue weighted by Gasteiger charge is -2.38. The van der Waals surface area contributed by atoms with Crippen molar-refractivity contribution in [2.75, 3.05) is 19.0 Å². The predicted octanol–water partition coefficient (Wildman–Crippen LogP) is 4.32. The Hall–Kier alpha value is -1.55. The van der Waals surface area contributed by atoms with E-state index in [4.69, 9.17) is 9.47 Å². The van der Waals surface area contributed by atoms with Gasteiger partial charge in [-0.05, 0) is 62.3 Å². The fourth-order valence-corrected chi connectivity index (χ4v) is 3.40. The smallest absolute Gasteiger partial charge is 0.256 e. The summed E-state index contributed by atoms with van der Waals surface area (Å²) in [5.41, 5.74) is 1.12. The van der Waals surface area contributed by atoms with Gasteiger partial charge in [0.1, 0.15) is 11.4 Å². The molecule has 1 N–H and O–H groups in total. The van der Waals surface area contributed by atoms with Gasteiger partial charge in [0, 0.05) is 12.3 Å². The Morgan fingerprint density at radius 3 is 2.83 bits per heavy atom. The third kappa shape index (κ3) is 4.25. The maximum absolute atomic E-state index is 12.9. The van der Waals surface area contributed by atoms with Crippen molar-refractivity contribution >= 4 is 11.6 Å². The van der Waals surface area contributed by atoms with Crippen LogP contribution in [0.3, 0.4) is 0 Å². The fraction of sp³-hybridized carbons (Fsp3) is 0.632. The minimum Gasteiger partial charge on any atom is -0.496 e. The summed E-state index contributed by atoms with van der Waals surface area (Å²) in [5, 5.41) is 3.05. The third-order valence-electron chi connectivity index (χ3n) is 4.60. The van der Waals surface area contributed by atoms with E-state index in [1.54, 1.807) is 7.11 Å². The van der Waals surface area contributed by atoms with Crippen molar-refractivity contribution in [3.63, 3.8) is 0 Å². The average Bonchev–Trinajstić information content (AvgIpc) is 2.53. The molecule has 4 nitrogen and oxygen atoms in total.